The second-order valence-corrected chi connectivity index (χ2v) is 3.32. The van der Waals surface area contributed by atoms with Gasteiger partial charge in [-0.15, -0.1) is 0 Å². The fourth-order valence-electron chi connectivity index (χ4n) is 1.60. The molecule has 0 aromatic heterocycles. The van der Waals surface area contributed by atoms with Gasteiger partial charge in [0.2, 0.25) is 0 Å². The minimum absolute atomic E-state index is 0.510. The number of halogens is 1. The quantitative estimate of drug-likeness (QED) is 0.627. The maximum Gasteiger partial charge on any atom is 0.155 e. The molecular weight excluding hydrogens is 177 g/mol. The lowest BCUT2D eigenvalue weighted by atomic mass is 9.98. The molecule has 1 heterocycles. The molecule has 14 heavy (non-hydrogen) atoms. The summed E-state index contributed by atoms with van der Waals surface area (Å²) in [6.07, 6.45) is -0.351. The van der Waals surface area contributed by atoms with E-state index in [0.717, 1.165) is 5.56 Å². The molecular formula is C12H18FN. The number of aryl methyl sites for hydroxylation is 1. The molecule has 1 aliphatic heterocycles. The van der Waals surface area contributed by atoms with Gasteiger partial charge in [0.25, 0.3) is 0 Å². The second kappa shape index (κ2) is 5.11. The molecule has 0 spiro atoms. The highest BCUT2D eigenvalue weighted by atomic mass is 19.1. The van der Waals surface area contributed by atoms with Crippen LogP contribution in [0.2, 0.25) is 0 Å². The highest BCUT2D eigenvalue weighted by Gasteiger charge is 2.15. The van der Waals surface area contributed by atoms with Crippen molar-refractivity contribution in [3.05, 3.63) is 34.9 Å². The van der Waals surface area contributed by atoms with E-state index >= 15 is 0 Å². The van der Waals surface area contributed by atoms with E-state index in [4.69, 9.17) is 0 Å². The van der Waals surface area contributed by atoms with E-state index in [1.54, 1.807) is 0 Å². The number of rotatable bonds is 0. The van der Waals surface area contributed by atoms with Crippen molar-refractivity contribution in [1.29, 1.82) is 0 Å². The molecule has 0 radical (unpaired) electrons. The average Bonchev–Trinajstić information content (AvgIpc) is 2.21. The maximum absolute atomic E-state index is 12.9. The number of nitrogens with one attached hydrogen (secondary N) is 1. The molecule has 2 heteroatoms. The zero-order chi connectivity index (χ0) is 10.6. The summed E-state index contributed by atoms with van der Waals surface area (Å²) >= 11 is 0. The Hall–Kier alpha value is -0.890. The van der Waals surface area contributed by atoms with Crippen LogP contribution in [0.15, 0.2) is 18.2 Å². The van der Waals surface area contributed by atoms with Gasteiger partial charge in [0.05, 0.1) is 0 Å². The first-order chi connectivity index (χ1) is 6.75. The first-order valence-corrected chi connectivity index (χ1v) is 5.21. The standard InChI is InChI=1S/C10H12FN.C2H6/c1-7-2-3-8-5-10(11)12-6-9(8)4-7;1-2/h2-4,10,12H,5-6H2,1H3;1-2H3. The van der Waals surface area contributed by atoms with Crippen LogP contribution in [0.25, 0.3) is 0 Å². The normalized spacial score (nSPS) is 19.3. The molecule has 0 bridgehead atoms. The van der Waals surface area contributed by atoms with Crippen molar-refractivity contribution in [2.24, 2.45) is 0 Å². The van der Waals surface area contributed by atoms with E-state index < -0.39 is 6.30 Å². The van der Waals surface area contributed by atoms with Gasteiger partial charge in [-0.05, 0) is 18.1 Å². The lowest BCUT2D eigenvalue weighted by molar-refractivity contribution is 0.258. The van der Waals surface area contributed by atoms with Crippen LogP contribution in [-0.4, -0.2) is 6.30 Å². The second-order valence-electron chi connectivity index (χ2n) is 3.32. The van der Waals surface area contributed by atoms with Crippen LogP contribution in [0, 0.1) is 6.92 Å². The predicted octanol–water partition coefficient (Wildman–Crippen LogP) is 2.96. The van der Waals surface area contributed by atoms with Gasteiger partial charge in [-0.2, -0.15) is 0 Å². The third-order valence-electron chi connectivity index (χ3n) is 2.27. The molecule has 0 aliphatic carbocycles. The maximum atomic E-state index is 12.9. The minimum atomic E-state index is -0.861. The van der Waals surface area contributed by atoms with E-state index in [9.17, 15) is 4.39 Å². The Balaban J connectivity index is 0.000000461. The molecule has 0 fully saturated rings. The summed E-state index contributed by atoms with van der Waals surface area (Å²) in [5, 5.41) is 2.80. The smallest absolute Gasteiger partial charge is 0.155 e. The number of benzene rings is 1. The lowest BCUT2D eigenvalue weighted by Gasteiger charge is -2.20. The summed E-state index contributed by atoms with van der Waals surface area (Å²) in [4.78, 5) is 0. The third kappa shape index (κ3) is 2.55. The SMILES string of the molecule is CC.Cc1ccc2c(c1)CNC(F)C2. The van der Waals surface area contributed by atoms with Crippen LogP contribution < -0.4 is 5.32 Å². The van der Waals surface area contributed by atoms with Crippen LogP contribution in [-0.2, 0) is 13.0 Å². The molecule has 1 unspecified atom stereocenters. The van der Waals surface area contributed by atoms with Gasteiger partial charge in [-0.25, -0.2) is 4.39 Å². The van der Waals surface area contributed by atoms with Crippen molar-refractivity contribution >= 4 is 0 Å². The Labute approximate surface area is 85.3 Å². The van der Waals surface area contributed by atoms with Crippen LogP contribution in [0.5, 0.6) is 0 Å². The number of hydrogen-bond acceptors (Lipinski definition) is 1. The molecule has 1 N–H and O–H groups in total. The van der Waals surface area contributed by atoms with Crippen molar-refractivity contribution in [2.75, 3.05) is 0 Å². The molecule has 78 valence electrons. The van der Waals surface area contributed by atoms with E-state index in [0.29, 0.717) is 13.0 Å². The zero-order valence-electron chi connectivity index (χ0n) is 9.10. The van der Waals surface area contributed by atoms with Crippen LogP contribution in [0.4, 0.5) is 4.39 Å². The third-order valence-corrected chi connectivity index (χ3v) is 2.27. The van der Waals surface area contributed by atoms with E-state index in [1.165, 1.54) is 11.1 Å². The van der Waals surface area contributed by atoms with Crippen molar-refractivity contribution in [3.63, 3.8) is 0 Å². The molecule has 1 aromatic rings. The van der Waals surface area contributed by atoms with Crippen LogP contribution in [0.1, 0.15) is 30.5 Å². The molecule has 1 atom stereocenters. The lowest BCUT2D eigenvalue weighted by Crippen LogP contribution is -2.31. The number of hydrogen-bond donors (Lipinski definition) is 1. The van der Waals surface area contributed by atoms with E-state index in [1.807, 2.05) is 26.0 Å². The van der Waals surface area contributed by atoms with Gasteiger partial charge in [0.15, 0.2) is 6.30 Å². The van der Waals surface area contributed by atoms with Gasteiger partial charge in [-0.1, -0.05) is 37.6 Å². The Morgan fingerprint density at radius 2 is 2.00 bits per heavy atom. The Morgan fingerprint density at radius 1 is 1.29 bits per heavy atom. The number of fused-ring (bicyclic) bond motifs is 1. The van der Waals surface area contributed by atoms with Gasteiger partial charge in [0, 0.05) is 13.0 Å². The van der Waals surface area contributed by atoms with Crippen molar-refractivity contribution in [2.45, 2.75) is 40.0 Å². The van der Waals surface area contributed by atoms with E-state index in [2.05, 4.69) is 18.3 Å². The summed E-state index contributed by atoms with van der Waals surface area (Å²) in [5.74, 6) is 0. The van der Waals surface area contributed by atoms with Crippen LogP contribution in [0.3, 0.4) is 0 Å². The molecule has 1 aromatic carbocycles. The fourth-order valence-corrected chi connectivity index (χ4v) is 1.60. The summed E-state index contributed by atoms with van der Waals surface area (Å²) in [6.45, 7) is 6.72. The summed E-state index contributed by atoms with van der Waals surface area (Å²) < 4.78 is 12.9. The van der Waals surface area contributed by atoms with Gasteiger partial charge in [0.1, 0.15) is 0 Å². The molecule has 0 saturated carbocycles. The first kappa shape index (κ1) is 11.2. The number of alkyl halides is 1. The fraction of sp³-hybridized carbons (Fsp3) is 0.500. The Morgan fingerprint density at radius 3 is 2.71 bits per heavy atom. The Bertz CT molecular complexity index is 296. The van der Waals surface area contributed by atoms with Gasteiger partial charge < -0.3 is 0 Å². The molecule has 0 amide bonds. The van der Waals surface area contributed by atoms with Gasteiger partial charge >= 0.3 is 0 Å². The monoisotopic (exact) mass is 195 g/mol. The summed E-state index contributed by atoms with van der Waals surface area (Å²) in [5.41, 5.74) is 3.63. The van der Waals surface area contributed by atoms with Gasteiger partial charge in [-0.3, -0.25) is 5.32 Å². The summed E-state index contributed by atoms with van der Waals surface area (Å²) in [6, 6.07) is 6.18. The Kier molecular flexibility index (Phi) is 4.08. The first-order valence-electron chi connectivity index (χ1n) is 5.21. The molecule has 1 nitrogen and oxygen atoms in total. The highest BCUT2D eigenvalue weighted by molar-refractivity contribution is 5.33. The van der Waals surface area contributed by atoms with Crippen molar-refractivity contribution in [3.8, 4) is 0 Å². The molecule has 2 rings (SSSR count). The van der Waals surface area contributed by atoms with Crippen molar-refractivity contribution < 1.29 is 4.39 Å². The predicted molar refractivity (Wildman–Crippen MR) is 58.0 cm³/mol. The summed E-state index contributed by atoms with van der Waals surface area (Å²) in [7, 11) is 0. The average molecular weight is 195 g/mol. The molecule has 0 saturated heterocycles. The zero-order valence-corrected chi connectivity index (χ0v) is 9.10. The van der Waals surface area contributed by atoms with Crippen molar-refractivity contribution in [1.82, 2.24) is 5.32 Å². The minimum Gasteiger partial charge on any atom is -0.283 e. The largest absolute Gasteiger partial charge is 0.283 e. The van der Waals surface area contributed by atoms with E-state index in [-0.39, 0.29) is 0 Å². The molecule has 1 aliphatic rings. The van der Waals surface area contributed by atoms with Crippen LogP contribution >= 0.6 is 0 Å². The topological polar surface area (TPSA) is 12.0 Å². The highest BCUT2D eigenvalue weighted by Crippen LogP contribution is 2.18.